The van der Waals surface area contributed by atoms with Crippen molar-refractivity contribution in [3.05, 3.63) is 34.9 Å². The molecular formula is C15H16N2O3. The average molecular weight is 272 g/mol. The number of amides is 3. The average Bonchev–Trinajstić information content (AvgIpc) is 2.39. The van der Waals surface area contributed by atoms with Crippen molar-refractivity contribution in [3.63, 3.8) is 0 Å². The Balaban J connectivity index is 1.86. The zero-order valence-corrected chi connectivity index (χ0v) is 11.3. The van der Waals surface area contributed by atoms with Gasteiger partial charge in [0.15, 0.2) is 0 Å². The van der Waals surface area contributed by atoms with Gasteiger partial charge in [-0.15, -0.1) is 0 Å². The van der Waals surface area contributed by atoms with Crippen LogP contribution in [-0.2, 0) is 27.3 Å². The van der Waals surface area contributed by atoms with Gasteiger partial charge in [-0.2, -0.15) is 0 Å². The minimum Gasteiger partial charge on any atom is -0.326 e. The molecule has 5 heteroatoms. The summed E-state index contributed by atoms with van der Waals surface area (Å²) >= 11 is 0. The molecule has 1 fully saturated rings. The quantitative estimate of drug-likeness (QED) is 0.765. The van der Waals surface area contributed by atoms with E-state index in [-0.39, 0.29) is 17.7 Å². The van der Waals surface area contributed by atoms with Crippen LogP contribution in [0.2, 0.25) is 0 Å². The maximum atomic E-state index is 12.2. The third-order valence-electron chi connectivity index (χ3n) is 3.95. The number of aryl methyl sites for hydroxylation is 1. The number of rotatable bonds is 1. The van der Waals surface area contributed by atoms with E-state index in [1.165, 1.54) is 0 Å². The van der Waals surface area contributed by atoms with Gasteiger partial charge in [0, 0.05) is 13.0 Å². The van der Waals surface area contributed by atoms with Crippen molar-refractivity contribution in [1.82, 2.24) is 10.2 Å². The number of imide groups is 1. The largest absolute Gasteiger partial charge is 0.326 e. The van der Waals surface area contributed by atoms with Crippen molar-refractivity contribution in [1.29, 1.82) is 0 Å². The van der Waals surface area contributed by atoms with Crippen LogP contribution in [0, 0.1) is 6.92 Å². The molecule has 0 spiro atoms. The van der Waals surface area contributed by atoms with E-state index in [0.717, 1.165) is 16.7 Å². The lowest BCUT2D eigenvalue weighted by Gasteiger charge is -2.36. The molecule has 20 heavy (non-hydrogen) atoms. The smallest absolute Gasteiger partial charge is 0.249 e. The first kappa shape index (κ1) is 12.8. The molecule has 1 atom stereocenters. The molecule has 1 aromatic carbocycles. The number of nitrogens with zero attached hydrogens (tertiary/aromatic N) is 1. The van der Waals surface area contributed by atoms with Crippen LogP contribution in [0.25, 0.3) is 0 Å². The Hall–Kier alpha value is -2.17. The molecule has 1 saturated heterocycles. The second kappa shape index (κ2) is 4.74. The number of hydrogen-bond acceptors (Lipinski definition) is 3. The first-order chi connectivity index (χ1) is 9.54. The third-order valence-corrected chi connectivity index (χ3v) is 3.95. The van der Waals surface area contributed by atoms with Crippen LogP contribution in [0.3, 0.4) is 0 Å². The van der Waals surface area contributed by atoms with Gasteiger partial charge in [-0.1, -0.05) is 23.8 Å². The molecule has 0 saturated carbocycles. The fourth-order valence-corrected chi connectivity index (χ4v) is 2.87. The van der Waals surface area contributed by atoms with E-state index in [9.17, 15) is 14.4 Å². The molecule has 0 aliphatic carbocycles. The lowest BCUT2D eigenvalue weighted by molar-refractivity contribution is -0.146. The molecule has 0 aromatic heterocycles. The Morgan fingerprint density at radius 2 is 2.00 bits per heavy atom. The Morgan fingerprint density at radius 3 is 2.75 bits per heavy atom. The molecular weight excluding hydrogens is 256 g/mol. The van der Waals surface area contributed by atoms with E-state index in [0.29, 0.717) is 25.8 Å². The molecule has 3 amide bonds. The minimum atomic E-state index is -0.520. The van der Waals surface area contributed by atoms with Gasteiger partial charge in [0.2, 0.25) is 17.7 Å². The number of nitrogens with one attached hydrogen (secondary N) is 1. The number of hydrogen-bond donors (Lipinski definition) is 1. The van der Waals surface area contributed by atoms with Gasteiger partial charge in [-0.3, -0.25) is 19.7 Å². The summed E-state index contributed by atoms with van der Waals surface area (Å²) in [4.78, 5) is 36.9. The van der Waals surface area contributed by atoms with Crippen LogP contribution in [0.5, 0.6) is 0 Å². The van der Waals surface area contributed by atoms with E-state index in [2.05, 4.69) is 11.4 Å². The van der Waals surface area contributed by atoms with Crippen molar-refractivity contribution < 1.29 is 14.4 Å². The second-order valence-corrected chi connectivity index (χ2v) is 5.44. The molecule has 2 heterocycles. The van der Waals surface area contributed by atoms with Crippen molar-refractivity contribution in [2.45, 2.75) is 38.8 Å². The van der Waals surface area contributed by atoms with Gasteiger partial charge in [0.1, 0.15) is 6.04 Å². The third kappa shape index (κ3) is 2.19. The van der Waals surface area contributed by atoms with Gasteiger partial charge in [-0.25, -0.2) is 0 Å². The Morgan fingerprint density at radius 1 is 1.20 bits per heavy atom. The summed E-state index contributed by atoms with van der Waals surface area (Å²) in [5, 5.41) is 2.31. The van der Waals surface area contributed by atoms with Crippen LogP contribution in [0.4, 0.5) is 0 Å². The standard InChI is InChI=1S/C15H16N2O3/c1-9-2-3-10-7-14(19)17(8-11(10)6-9)12-4-5-13(18)16-15(12)20/h2-3,6,12H,4-5,7-8H2,1H3,(H,16,18,20)/t12-/m0/s1. The summed E-state index contributed by atoms with van der Waals surface area (Å²) in [6, 6.07) is 5.51. The van der Waals surface area contributed by atoms with Crippen molar-refractivity contribution >= 4 is 17.7 Å². The Kier molecular flexibility index (Phi) is 3.04. The number of benzene rings is 1. The molecule has 1 N–H and O–H groups in total. The second-order valence-electron chi connectivity index (χ2n) is 5.44. The minimum absolute atomic E-state index is 0.0455. The number of carbonyl (C=O) groups excluding carboxylic acids is 3. The van der Waals surface area contributed by atoms with E-state index >= 15 is 0 Å². The van der Waals surface area contributed by atoms with Crippen molar-refractivity contribution in [2.75, 3.05) is 0 Å². The Bertz CT molecular complexity index is 609. The monoisotopic (exact) mass is 272 g/mol. The summed E-state index contributed by atoms with van der Waals surface area (Å²) < 4.78 is 0. The lowest BCUT2D eigenvalue weighted by Crippen LogP contribution is -2.55. The fraction of sp³-hybridized carbons (Fsp3) is 0.400. The molecule has 1 aromatic rings. The fourth-order valence-electron chi connectivity index (χ4n) is 2.87. The van der Waals surface area contributed by atoms with E-state index in [1.54, 1.807) is 4.90 Å². The molecule has 0 bridgehead atoms. The maximum absolute atomic E-state index is 12.2. The number of carbonyl (C=O) groups is 3. The highest BCUT2D eigenvalue weighted by molar-refractivity contribution is 6.01. The Labute approximate surface area is 116 Å². The van der Waals surface area contributed by atoms with Gasteiger partial charge < -0.3 is 4.90 Å². The lowest BCUT2D eigenvalue weighted by atomic mass is 9.94. The zero-order chi connectivity index (χ0) is 14.3. The van der Waals surface area contributed by atoms with Crippen LogP contribution in [0.15, 0.2) is 18.2 Å². The van der Waals surface area contributed by atoms with Gasteiger partial charge in [0.25, 0.3) is 0 Å². The summed E-state index contributed by atoms with van der Waals surface area (Å²) in [6.07, 6.45) is 1.03. The first-order valence-corrected chi connectivity index (χ1v) is 6.76. The van der Waals surface area contributed by atoms with Crippen LogP contribution < -0.4 is 5.32 Å². The number of fused-ring (bicyclic) bond motifs is 1. The summed E-state index contributed by atoms with van der Waals surface area (Å²) in [5.74, 6) is -0.659. The molecule has 2 aliphatic heterocycles. The van der Waals surface area contributed by atoms with Crippen LogP contribution in [-0.4, -0.2) is 28.7 Å². The molecule has 2 aliphatic rings. The predicted molar refractivity (Wildman–Crippen MR) is 71.6 cm³/mol. The summed E-state index contributed by atoms with van der Waals surface area (Å²) in [5.41, 5.74) is 3.26. The summed E-state index contributed by atoms with van der Waals surface area (Å²) in [7, 11) is 0. The molecule has 0 radical (unpaired) electrons. The summed E-state index contributed by atoms with van der Waals surface area (Å²) in [6.45, 7) is 2.45. The highest BCUT2D eigenvalue weighted by Gasteiger charge is 2.36. The van der Waals surface area contributed by atoms with E-state index in [4.69, 9.17) is 0 Å². The zero-order valence-electron chi connectivity index (χ0n) is 11.3. The highest BCUT2D eigenvalue weighted by atomic mass is 16.2. The molecule has 0 unspecified atom stereocenters. The van der Waals surface area contributed by atoms with Gasteiger partial charge in [0.05, 0.1) is 6.42 Å². The highest BCUT2D eigenvalue weighted by Crippen LogP contribution is 2.25. The molecule has 3 rings (SSSR count). The van der Waals surface area contributed by atoms with Gasteiger partial charge >= 0.3 is 0 Å². The normalized spacial score (nSPS) is 22.6. The topological polar surface area (TPSA) is 66.5 Å². The molecule has 5 nitrogen and oxygen atoms in total. The molecule has 104 valence electrons. The van der Waals surface area contributed by atoms with Crippen molar-refractivity contribution in [3.8, 4) is 0 Å². The first-order valence-electron chi connectivity index (χ1n) is 6.76. The predicted octanol–water partition coefficient (Wildman–Crippen LogP) is 0.685. The number of piperidine rings is 1. The van der Waals surface area contributed by atoms with E-state index in [1.807, 2.05) is 19.1 Å². The van der Waals surface area contributed by atoms with Gasteiger partial charge in [-0.05, 0) is 24.5 Å². The SMILES string of the molecule is Cc1ccc2c(c1)CN([C@H]1CCC(=O)NC1=O)C(=O)C2. The maximum Gasteiger partial charge on any atom is 0.249 e. The van der Waals surface area contributed by atoms with Crippen LogP contribution in [0.1, 0.15) is 29.5 Å². The van der Waals surface area contributed by atoms with Crippen molar-refractivity contribution in [2.24, 2.45) is 0 Å². The van der Waals surface area contributed by atoms with Crippen LogP contribution >= 0.6 is 0 Å². The van der Waals surface area contributed by atoms with E-state index < -0.39 is 6.04 Å².